The van der Waals surface area contributed by atoms with Gasteiger partial charge in [0.2, 0.25) is 0 Å². The van der Waals surface area contributed by atoms with Gasteiger partial charge in [0, 0.05) is 30.9 Å². The zero-order chi connectivity index (χ0) is 13.8. The number of benzene rings is 1. The quantitative estimate of drug-likeness (QED) is 0.437. The summed E-state index contributed by atoms with van der Waals surface area (Å²) in [6, 6.07) is 4.45. The summed E-state index contributed by atoms with van der Waals surface area (Å²) in [4.78, 5) is 14.5. The number of nitro groups is 1. The van der Waals surface area contributed by atoms with Crippen LogP contribution in [-0.4, -0.2) is 33.3 Å². The highest BCUT2D eigenvalue weighted by atomic mass is 35.5. The van der Waals surface area contributed by atoms with Gasteiger partial charge in [-0.05, 0) is 12.1 Å². The number of nitrogens with one attached hydrogen (secondary N) is 1. The number of aromatic nitrogens is 1. The zero-order valence-corrected chi connectivity index (χ0v) is 11.3. The summed E-state index contributed by atoms with van der Waals surface area (Å²) in [7, 11) is 0. The van der Waals surface area contributed by atoms with E-state index in [0.29, 0.717) is 17.5 Å². The second-order valence-corrected chi connectivity index (χ2v) is 3.96. The van der Waals surface area contributed by atoms with E-state index in [-0.39, 0.29) is 42.5 Å². The van der Waals surface area contributed by atoms with Crippen LogP contribution in [0, 0.1) is 10.1 Å². The molecular formula is C12H14ClN3O4. The number of hydrogen-bond donors (Lipinski definition) is 3. The molecule has 0 amide bonds. The minimum absolute atomic E-state index is 0. The number of halogens is 1. The predicted molar refractivity (Wildman–Crippen MR) is 76.1 cm³/mol. The lowest BCUT2D eigenvalue weighted by Gasteiger charge is -2.08. The summed E-state index contributed by atoms with van der Waals surface area (Å²) in [6.45, 7) is 0.516. The van der Waals surface area contributed by atoms with Gasteiger partial charge in [-0.15, -0.1) is 12.4 Å². The molecule has 7 nitrogen and oxygen atoms in total. The molecule has 0 saturated heterocycles. The van der Waals surface area contributed by atoms with Gasteiger partial charge in [0.15, 0.2) is 0 Å². The van der Waals surface area contributed by atoms with Crippen molar-refractivity contribution in [2.24, 2.45) is 0 Å². The van der Waals surface area contributed by atoms with Crippen LogP contribution in [0.25, 0.3) is 10.9 Å². The normalized spacial score (nSPS) is 10.2. The summed E-state index contributed by atoms with van der Waals surface area (Å²) >= 11 is 0. The van der Waals surface area contributed by atoms with Crippen molar-refractivity contribution in [1.82, 2.24) is 10.3 Å². The maximum absolute atomic E-state index is 11.0. The number of hydrogen-bond acceptors (Lipinski definition) is 6. The molecule has 8 heteroatoms. The summed E-state index contributed by atoms with van der Waals surface area (Å²) in [6.07, 6.45) is 1.47. The molecule has 0 unspecified atom stereocenters. The second kappa shape index (κ2) is 6.99. The molecule has 1 aromatic carbocycles. The van der Waals surface area contributed by atoms with Crippen LogP contribution in [0.15, 0.2) is 24.4 Å². The molecule has 0 spiro atoms. The van der Waals surface area contributed by atoms with Gasteiger partial charge < -0.3 is 15.5 Å². The third-order valence-corrected chi connectivity index (χ3v) is 2.72. The molecule has 2 aromatic rings. The molecule has 0 aliphatic carbocycles. The molecule has 2 rings (SSSR count). The molecule has 0 aliphatic heterocycles. The Balaban J connectivity index is 0.00000200. The van der Waals surface area contributed by atoms with Crippen LogP contribution in [0.4, 0.5) is 5.69 Å². The van der Waals surface area contributed by atoms with E-state index in [0.717, 1.165) is 0 Å². The minimum Gasteiger partial charge on any atom is -0.505 e. The van der Waals surface area contributed by atoms with Crippen molar-refractivity contribution in [2.45, 2.75) is 6.54 Å². The summed E-state index contributed by atoms with van der Waals surface area (Å²) < 4.78 is 0. The van der Waals surface area contributed by atoms with Gasteiger partial charge in [-0.25, -0.2) is 0 Å². The molecule has 0 saturated carbocycles. The van der Waals surface area contributed by atoms with Gasteiger partial charge in [0.25, 0.3) is 5.69 Å². The number of non-ortho nitro benzene ring substituents is 1. The van der Waals surface area contributed by atoms with E-state index in [1.165, 1.54) is 12.3 Å². The first-order valence-electron chi connectivity index (χ1n) is 5.70. The van der Waals surface area contributed by atoms with Gasteiger partial charge >= 0.3 is 0 Å². The largest absolute Gasteiger partial charge is 0.505 e. The lowest BCUT2D eigenvalue weighted by Crippen LogP contribution is -2.17. The number of phenols is 1. The fourth-order valence-corrected chi connectivity index (χ4v) is 1.85. The van der Waals surface area contributed by atoms with Crippen LogP contribution >= 0.6 is 12.4 Å². The highest BCUT2D eigenvalue weighted by Gasteiger charge is 2.18. The summed E-state index contributed by atoms with van der Waals surface area (Å²) in [5, 5.41) is 33.0. The molecule has 1 heterocycles. The fourth-order valence-electron chi connectivity index (χ4n) is 1.85. The van der Waals surface area contributed by atoms with E-state index < -0.39 is 4.92 Å². The molecule has 0 fully saturated rings. The number of nitro benzene ring substituents is 1. The molecular weight excluding hydrogens is 286 g/mol. The zero-order valence-electron chi connectivity index (χ0n) is 10.4. The van der Waals surface area contributed by atoms with E-state index >= 15 is 0 Å². The van der Waals surface area contributed by atoms with E-state index in [9.17, 15) is 15.2 Å². The molecule has 0 radical (unpaired) electrons. The van der Waals surface area contributed by atoms with Gasteiger partial charge in [0.05, 0.1) is 16.9 Å². The first-order chi connectivity index (χ1) is 9.15. The van der Waals surface area contributed by atoms with E-state index in [2.05, 4.69) is 10.3 Å². The predicted octanol–water partition coefficient (Wildman–Crippen LogP) is 1.35. The Morgan fingerprint density at radius 2 is 2.20 bits per heavy atom. The monoisotopic (exact) mass is 299 g/mol. The van der Waals surface area contributed by atoms with Crippen molar-refractivity contribution in [3.8, 4) is 5.75 Å². The summed E-state index contributed by atoms with van der Waals surface area (Å²) in [5.41, 5.74) is 0.491. The van der Waals surface area contributed by atoms with E-state index in [4.69, 9.17) is 5.11 Å². The van der Waals surface area contributed by atoms with Gasteiger partial charge in [-0.3, -0.25) is 15.1 Å². The van der Waals surface area contributed by atoms with Crippen molar-refractivity contribution in [3.05, 3.63) is 40.1 Å². The third kappa shape index (κ3) is 3.13. The Bertz CT molecular complexity index is 621. The highest BCUT2D eigenvalue weighted by molar-refractivity contribution is 5.93. The van der Waals surface area contributed by atoms with Gasteiger partial charge in [0.1, 0.15) is 11.3 Å². The summed E-state index contributed by atoms with van der Waals surface area (Å²) in [5.74, 6) is -0.0772. The number of phenolic OH excluding ortho intramolecular Hbond substituents is 1. The van der Waals surface area contributed by atoms with Crippen LogP contribution in [-0.2, 0) is 6.54 Å². The standard InChI is InChI=1S/C12H13N3O4.ClH/c16-5-4-13-7-8-6-10(15(18)19)9-2-1-3-14-11(9)12(8)17;/h1-3,6,13,16-17H,4-5,7H2;1H. The van der Waals surface area contributed by atoms with Crippen LogP contribution in [0.1, 0.15) is 5.56 Å². The average Bonchev–Trinajstić information content (AvgIpc) is 2.41. The SMILES string of the molecule is Cl.O=[N+]([O-])c1cc(CNCCO)c(O)c2ncccc12. The number of nitrogens with zero attached hydrogens (tertiary/aromatic N) is 2. The Morgan fingerprint density at radius 1 is 1.45 bits per heavy atom. The van der Waals surface area contributed by atoms with Gasteiger partial charge in [-0.2, -0.15) is 0 Å². The van der Waals surface area contributed by atoms with Gasteiger partial charge in [-0.1, -0.05) is 0 Å². The van der Waals surface area contributed by atoms with E-state index in [1.807, 2.05) is 0 Å². The lowest BCUT2D eigenvalue weighted by molar-refractivity contribution is -0.383. The molecule has 108 valence electrons. The Hall–Kier alpha value is -1.96. The Morgan fingerprint density at radius 3 is 2.85 bits per heavy atom. The van der Waals surface area contributed by atoms with Crippen molar-refractivity contribution >= 4 is 29.0 Å². The lowest BCUT2D eigenvalue weighted by atomic mass is 10.1. The molecule has 0 atom stereocenters. The topological polar surface area (TPSA) is 109 Å². The first-order valence-corrected chi connectivity index (χ1v) is 5.70. The smallest absolute Gasteiger partial charge is 0.279 e. The second-order valence-electron chi connectivity index (χ2n) is 3.96. The average molecular weight is 300 g/mol. The van der Waals surface area contributed by atoms with Crippen molar-refractivity contribution < 1.29 is 15.1 Å². The van der Waals surface area contributed by atoms with Crippen LogP contribution in [0.3, 0.4) is 0 Å². The van der Waals surface area contributed by atoms with Crippen LogP contribution < -0.4 is 5.32 Å². The van der Waals surface area contributed by atoms with E-state index in [1.54, 1.807) is 12.1 Å². The third-order valence-electron chi connectivity index (χ3n) is 2.72. The number of aliphatic hydroxyl groups is 1. The fraction of sp³-hybridized carbons (Fsp3) is 0.250. The molecule has 20 heavy (non-hydrogen) atoms. The molecule has 3 N–H and O–H groups in total. The number of pyridine rings is 1. The Kier molecular flexibility index (Phi) is 5.63. The van der Waals surface area contributed by atoms with Crippen LogP contribution in [0.5, 0.6) is 5.75 Å². The van der Waals surface area contributed by atoms with Crippen molar-refractivity contribution in [3.63, 3.8) is 0 Å². The van der Waals surface area contributed by atoms with Crippen molar-refractivity contribution in [2.75, 3.05) is 13.2 Å². The molecule has 0 bridgehead atoms. The molecule has 0 aliphatic rings. The maximum atomic E-state index is 11.0. The molecule has 1 aromatic heterocycles. The Labute approximate surface area is 120 Å². The van der Waals surface area contributed by atoms with Crippen LogP contribution in [0.2, 0.25) is 0 Å². The minimum atomic E-state index is -0.501. The van der Waals surface area contributed by atoms with Crippen molar-refractivity contribution in [1.29, 1.82) is 0 Å². The number of aliphatic hydroxyl groups excluding tert-OH is 1. The number of aromatic hydroxyl groups is 1. The number of fused-ring (bicyclic) bond motifs is 1. The highest BCUT2D eigenvalue weighted by Crippen LogP contribution is 2.34. The first kappa shape index (κ1) is 16.1. The maximum Gasteiger partial charge on any atom is 0.279 e. The number of rotatable bonds is 5.